The molecule has 1 saturated heterocycles. The first-order valence-corrected chi connectivity index (χ1v) is 14.8. The Morgan fingerprint density at radius 3 is 2.83 bits per heavy atom. The maximum Gasteiger partial charge on any atom is 0.318 e. The zero-order valence-corrected chi connectivity index (χ0v) is 24.5. The number of hydrogen-bond donors (Lipinski definition) is 2. The van der Waals surface area contributed by atoms with Gasteiger partial charge in [-0.1, -0.05) is 19.4 Å². The topological polar surface area (TPSA) is 140 Å². The third kappa shape index (κ3) is 5.15. The number of nitriles is 1. The largest absolute Gasteiger partial charge is 0.461 e. The van der Waals surface area contributed by atoms with Gasteiger partial charge in [0.2, 0.25) is 5.91 Å². The van der Waals surface area contributed by atoms with Crippen LogP contribution in [0.1, 0.15) is 54.5 Å². The first-order chi connectivity index (χ1) is 20.3. The fraction of sp³-hybridized carbons (Fsp3) is 0.516. The molecule has 1 unspecified atom stereocenters. The Morgan fingerprint density at radius 2 is 2.07 bits per heavy atom. The van der Waals surface area contributed by atoms with Crippen molar-refractivity contribution in [2.24, 2.45) is 5.73 Å². The van der Waals surface area contributed by atoms with E-state index >= 15 is 0 Å². The van der Waals surface area contributed by atoms with E-state index in [0.717, 1.165) is 66.6 Å². The minimum absolute atomic E-state index is 0.150. The van der Waals surface area contributed by atoms with Gasteiger partial charge in [-0.3, -0.25) is 9.89 Å². The molecular weight excluding hydrogens is 530 g/mol. The van der Waals surface area contributed by atoms with E-state index in [1.165, 1.54) is 22.9 Å². The van der Waals surface area contributed by atoms with Gasteiger partial charge in [0.25, 0.3) is 0 Å². The van der Waals surface area contributed by atoms with E-state index in [9.17, 15) is 10.1 Å². The summed E-state index contributed by atoms with van der Waals surface area (Å²) in [7, 11) is 0. The lowest BCUT2D eigenvalue weighted by Gasteiger charge is -2.42. The summed E-state index contributed by atoms with van der Waals surface area (Å²) >= 11 is 0. The quantitative estimate of drug-likeness (QED) is 0.410. The van der Waals surface area contributed by atoms with Gasteiger partial charge < -0.3 is 25.2 Å². The molecule has 3 aliphatic rings. The van der Waals surface area contributed by atoms with E-state index in [-0.39, 0.29) is 23.9 Å². The number of benzene rings is 1. The van der Waals surface area contributed by atoms with E-state index in [2.05, 4.69) is 52.6 Å². The second-order valence-corrected chi connectivity index (χ2v) is 12.0. The molecular formula is C31H39N9O2. The third-order valence-electron chi connectivity index (χ3n) is 9.23. The average molecular weight is 570 g/mol. The number of rotatable bonds is 7. The van der Waals surface area contributed by atoms with Gasteiger partial charge in [0.15, 0.2) is 0 Å². The predicted octanol–water partition coefficient (Wildman–Crippen LogP) is 3.30. The van der Waals surface area contributed by atoms with Crippen LogP contribution < -0.4 is 20.3 Å². The normalized spacial score (nSPS) is 20.0. The lowest BCUT2D eigenvalue weighted by Crippen LogP contribution is -2.55. The van der Waals surface area contributed by atoms with Crippen LogP contribution in [0.2, 0.25) is 0 Å². The molecule has 42 heavy (non-hydrogen) atoms. The summed E-state index contributed by atoms with van der Waals surface area (Å²) < 4.78 is 6.25. The Morgan fingerprint density at radius 1 is 1.26 bits per heavy atom. The standard InChI is InChI=1S/C31H39N9O2/c1-4-27(41)40-14-13-39(17-22(40)7-11-32)29-23-8-12-38(28-21(3)20(2)15-25-24(28)16-34-37-25)18-26(23)35-30(36-29)42-19-31(33)9-5-6-10-31/h4,15-16,22H,1,5-10,12-14,17-19,33H2,2-3H3,(H,34,37). The van der Waals surface area contributed by atoms with Crippen molar-refractivity contribution in [3.05, 3.63) is 47.3 Å². The molecule has 0 spiro atoms. The van der Waals surface area contributed by atoms with Crippen LogP contribution in [0.25, 0.3) is 10.9 Å². The second-order valence-electron chi connectivity index (χ2n) is 12.0. The number of aromatic amines is 1. The summed E-state index contributed by atoms with van der Waals surface area (Å²) in [4.78, 5) is 28.8. The van der Waals surface area contributed by atoms with Gasteiger partial charge in [0.05, 0.1) is 53.7 Å². The summed E-state index contributed by atoms with van der Waals surface area (Å²) in [5.41, 5.74) is 12.9. The molecule has 11 nitrogen and oxygen atoms in total. The first kappa shape index (κ1) is 28.0. The van der Waals surface area contributed by atoms with Crippen LogP contribution in [0.3, 0.4) is 0 Å². The molecule has 0 radical (unpaired) electrons. The number of nitrogens with two attached hydrogens (primary N) is 1. The fourth-order valence-electron chi connectivity index (χ4n) is 6.79. The maximum atomic E-state index is 12.5. The Hall–Kier alpha value is -4.17. The molecule has 1 atom stereocenters. The van der Waals surface area contributed by atoms with Crippen molar-refractivity contribution in [2.75, 3.05) is 42.6 Å². The van der Waals surface area contributed by atoms with Crippen LogP contribution in [0, 0.1) is 25.2 Å². The van der Waals surface area contributed by atoms with Crippen LogP contribution in [-0.4, -0.2) is 75.3 Å². The van der Waals surface area contributed by atoms with Crippen molar-refractivity contribution in [3.63, 3.8) is 0 Å². The molecule has 6 rings (SSSR count). The first-order valence-electron chi connectivity index (χ1n) is 14.8. The number of nitrogens with one attached hydrogen (secondary N) is 1. The molecule has 2 aromatic heterocycles. The lowest BCUT2D eigenvalue weighted by atomic mass is 9.99. The molecule has 4 heterocycles. The van der Waals surface area contributed by atoms with Crippen LogP contribution in [0.4, 0.5) is 11.5 Å². The van der Waals surface area contributed by atoms with Gasteiger partial charge in [-0.05, 0) is 56.4 Å². The lowest BCUT2D eigenvalue weighted by molar-refractivity contribution is -0.128. The van der Waals surface area contributed by atoms with E-state index in [1.54, 1.807) is 4.90 Å². The average Bonchev–Trinajstić information content (AvgIpc) is 3.64. The molecule has 3 aromatic rings. The van der Waals surface area contributed by atoms with Gasteiger partial charge in [-0.25, -0.2) is 0 Å². The highest BCUT2D eigenvalue weighted by atomic mass is 16.5. The number of ether oxygens (including phenoxy) is 1. The van der Waals surface area contributed by atoms with Gasteiger partial charge in [0.1, 0.15) is 12.4 Å². The Bertz CT molecular complexity index is 1550. The molecule has 1 saturated carbocycles. The number of hydrogen-bond acceptors (Lipinski definition) is 9. The molecule has 0 bridgehead atoms. The Kier molecular flexibility index (Phi) is 7.49. The molecule has 220 valence electrons. The number of aryl methyl sites for hydroxylation is 1. The zero-order chi connectivity index (χ0) is 29.4. The number of fused-ring (bicyclic) bond motifs is 2. The van der Waals surface area contributed by atoms with Crippen molar-refractivity contribution < 1.29 is 9.53 Å². The van der Waals surface area contributed by atoms with Gasteiger partial charge in [0, 0.05) is 37.1 Å². The highest BCUT2D eigenvalue weighted by Crippen LogP contribution is 2.37. The minimum atomic E-state index is -0.356. The van der Waals surface area contributed by atoms with Crippen molar-refractivity contribution in [2.45, 2.75) is 70.5 Å². The molecule has 1 aliphatic carbocycles. The number of amides is 1. The van der Waals surface area contributed by atoms with Crippen LogP contribution in [0.15, 0.2) is 24.9 Å². The van der Waals surface area contributed by atoms with E-state index < -0.39 is 0 Å². The number of anilines is 2. The predicted molar refractivity (Wildman–Crippen MR) is 161 cm³/mol. The summed E-state index contributed by atoms with van der Waals surface area (Å²) in [6.07, 6.45) is 8.30. The molecule has 2 fully saturated rings. The molecule has 1 aromatic carbocycles. The van der Waals surface area contributed by atoms with Crippen LogP contribution in [-0.2, 0) is 17.8 Å². The number of carbonyl (C=O) groups is 1. The smallest absolute Gasteiger partial charge is 0.318 e. The third-order valence-corrected chi connectivity index (χ3v) is 9.23. The highest BCUT2D eigenvalue weighted by molar-refractivity contribution is 5.94. The van der Waals surface area contributed by atoms with Crippen LogP contribution in [0.5, 0.6) is 6.01 Å². The van der Waals surface area contributed by atoms with Crippen molar-refractivity contribution in [1.82, 2.24) is 25.1 Å². The fourth-order valence-corrected chi connectivity index (χ4v) is 6.79. The van der Waals surface area contributed by atoms with Crippen LogP contribution >= 0.6 is 0 Å². The molecule has 2 aliphatic heterocycles. The number of nitrogens with zero attached hydrogens (tertiary/aromatic N) is 7. The summed E-state index contributed by atoms with van der Waals surface area (Å²) in [5.74, 6) is 0.679. The van der Waals surface area contributed by atoms with E-state index in [4.69, 9.17) is 20.4 Å². The Labute approximate surface area is 246 Å². The summed E-state index contributed by atoms with van der Waals surface area (Å²) in [5, 5.41) is 18.1. The van der Waals surface area contributed by atoms with Crippen molar-refractivity contribution in [3.8, 4) is 12.1 Å². The SMILES string of the molecule is C=CC(=O)N1CCN(c2nc(OCC3(N)CCCC3)nc3c2CCN(c2c(C)c(C)cc4[nH]ncc24)C3)CC1CC#N. The van der Waals surface area contributed by atoms with E-state index in [0.29, 0.717) is 38.8 Å². The summed E-state index contributed by atoms with van der Waals surface area (Å²) in [6.45, 7) is 11.3. The Balaban J connectivity index is 1.36. The molecule has 3 N–H and O–H groups in total. The number of H-pyrrole nitrogens is 1. The monoisotopic (exact) mass is 569 g/mol. The van der Waals surface area contributed by atoms with Crippen molar-refractivity contribution in [1.29, 1.82) is 5.26 Å². The number of aromatic nitrogens is 4. The van der Waals surface area contributed by atoms with E-state index in [1.807, 2.05) is 6.20 Å². The number of carbonyl (C=O) groups excluding carboxylic acids is 1. The second kappa shape index (κ2) is 11.2. The molecule has 1 amide bonds. The molecule has 11 heteroatoms. The highest BCUT2D eigenvalue weighted by Gasteiger charge is 2.35. The number of piperazine rings is 1. The summed E-state index contributed by atoms with van der Waals surface area (Å²) in [6, 6.07) is 4.48. The van der Waals surface area contributed by atoms with Crippen molar-refractivity contribution >= 4 is 28.3 Å². The zero-order valence-electron chi connectivity index (χ0n) is 24.5. The van der Waals surface area contributed by atoms with Gasteiger partial charge >= 0.3 is 6.01 Å². The minimum Gasteiger partial charge on any atom is -0.461 e. The maximum absolute atomic E-state index is 12.5. The van der Waals surface area contributed by atoms with Gasteiger partial charge in [-0.2, -0.15) is 20.3 Å². The van der Waals surface area contributed by atoms with Gasteiger partial charge in [-0.15, -0.1) is 0 Å².